The van der Waals surface area contributed by atoms with Gasteiger partial charge in [-0.1, -0.05) is 31.2 Å². The summed E-state index contributed by atoms with van der Waals surface area (Å²) in [5.41, 5.74) is 2.11. The number of aliphatic carboxylic acids is 1. The first-order chi connectivity index (χ1) is 9.44. The molecule has 1 aliphatic rings. The molecule has 0 unspecified atom stereocenters. The van der Waals surface area contributed by atoms with Gasteiger partial charge in [-0.15, -0.1) is 0 Å². The zero-order chi connectivity index (χ0) is 14.8. The van der Waals surface area contributed by atoms with E-state index < -0.39 is 22.2 Å². The average molecular weight is 298 g/mol. The summed E-state index contributed by atoms with van der Waals surface area (Å²) in [4.78, 5) is 10.9. The summed E-state index contributed by atoms with van der Waals surface area (Å²) >= 11 is 0. The predicted molar refractivity (Wildman–Crippen MR) is 74.3 cm³/mol. The fourth-order valence-electron chi connectivity index (χ4n) is 2.24. The number of hydrogen-bond donors (Lipinski definition) is 2. The van der Waals surface area contributed by atoms with Crippen molar-refractivity contribution in [2.45, 2.75) is 32.4 Å². The Morgan fingerprint density at radius 3 is 2.65 bits per heavy atom. The van der Waals surface area contributed by atoms with Crippen molar-refractivity contribution < 1.29 is 18.3 Å². The zero-order valence-corrected chi connectivity index (χ0v) is 12.1. The van der Waals surface area contributed by atoms with Gasteiger partial charge in [-0.25, -0.2) is 0 Å². The number of fused-ring (bicyclic) bond motifs is 1. The minimum Gasteiger partial charge on any atom is -0.480 e. The van der Waals surface area contributed by atoms with Gasteiger partial charge in [-0.2, -0.15) is 17.4 Å². The van der Waals surface area contributed by atoms with Crippen LogP contribution in [0, 0.1) is 0 Å². The number of carboxylic acid groups (broad SMARTS) is 1. The molecule has 20 heavy (non-hydrogen) atoms. The van der Waals surface area contributed by atoms with Crippen LogP contribution in [0.15, 0.2) is 24.3 Å². The summed E-state index contributed by atoms with van der Waals surface area (Å²) in [7, 11) is -3.78. The summed E-state index contributed by atoms with van der Waals surface area (Å²) in [6.07, 6.45) is 0.847. The van der Waals surface area contributed by atoms with E-state index in [9.17, 15) is 13.2 Å². The fourth-order valence-corrected chi connectivity index (χ4v) is 3.65. The molecule has 0 bridgehead atoms. The van der Waals surface area contributed by atoms with Crippen molar-refractivity contribution in [1.82, 2.24) is 9.03 Å². The van der Waals surface area contributed by atoms with Crippen LogP contribution in [0.2, 0.25) is 0 Å². The molecule has 0 aliphatic carbocycles. The lowest BCUT2D eigenvalue weighted by Crippen LogP contribution is -2.49. The van der Waals surface area contributed by atoms with E-state index in [0.717, 1.165) is 11.1 Å². The highest BCUT2D eigenvalue weighted by molar-refractivity contribution is 7.87. The third-order valence-electron chi connectivity index (χ3n) is 3.43. The average Bonchev–Trinajstić information content (AvgIpc) is 2.44. The van der Waals surface area contributed by atoms with Crippen molar-refractivity contribution >= 4 is 16.2 Å². The summed E-state index contributed by atoms with van der Waals surface area (Å²) in [6.45, 7) is 2.27. The third-order valence-corrected chi connectivity index (χ3v) is 5.01. The molecule has 1 heterocycles. The van der Waals surface area contributed by atoms with Crippen molar-refractivity contribution in [2.24, 2.45) is 0 Å². The van der Waals surface area contributed by atoms with Crippen LogP contribution in [0.1, 0.15) is 24.5 Å². The summed E-state index contributed by atoms with van der Waals surface area (Å²) in [5, 5.41) is 8.95. The maximum atomic E-state index is 12.2. The standard InChI is InChI=1S/C13H18N2O4S/c1-2-12(13(16)17)14-20(18,19)15-8-7-10-5-3-4-6-11(10)9-15/h3-6,12,14H,2,7-9H2,1H3,(H,16,17)/t12-/m1/s1. The molecule has 0 amide bonds. The van der Waals surface area contributed by atoms with Crippen molar-refractivity contribution in [2.75, 3.05) is 6.54 Å². The Morgan fingerprint density at radius 1 is 1.40 bits per heavy atom. The molecule has 0 spiro atoms. The Bertz CT molecular complexity index is 600. The highest BCUT2D eigenvalue weighted by Gasteiger charge is 2.30. The summed E-state index contributed by atoms with van der Waals surface area (Å²) < 4.78 is 28.0. The highest BCUT2D eigenvalue weighted by Crippen LogP contribution is 2.20. The van der Waals surface area contributed by atoms with Gasteiger partial charge in [-0.05, 0) is 24.0 Å². The van der Waals surface area contributed by atoms with Gasteiger partial charge in [0.05, 0.1) is 0 Å². The maximum Gasteiger partial charge on any atom is 0.321 e. The lowest BCUT2D eigenvalue weighted by Gasteiger charge is -2.29. The Hall–Kier alpha value is -1.44. The first-order valence-corrected chi connectivity index (χ1v) is 7.95. The van der Waals surface area contributed by atoms with Gasteiger partial charge in [0.25, 0.3) is 10.2 Å². The van der Waals surface area contributed by atoms with Crippen LogP contribution in [0.3, 0.4) is 0 Å². The molecule has 0 radical (unpaired) electrons. The van der Waals surface area contributed by atoms with Gasteiger partial charge in [0.2, 0.25) is 0 Å². The number of nitrogens with zero attached hydrogens (tertiary/aromatic N) is 1. The second-order valence-corrected chi connectivity index (χ2v) is 6.48. The first kappa shape index (κ1) is 15.0. The topological polar surface area (TPSA) is 86.7 Å². The molecule has 0 saturated heterocycles. The van der Waals surface area contributed by atoms with Crippen LogP contribution < -0.4 is 4.72 Å². The smallest absolute Gasteiger partial charge is 0.321 e. The molecule has 7 heteroatoms. The molecule has 0 aromatic heterocycles. The monoisotopic (exact) mass is 298 g/mol. The molecule has 2 rings (SSSR count). The second-order valence-electron chi connectivity index (χ2n) is 4.77. The van der Waals surface area contributed by atoms with Crippen LogP contribution in [0.25, 0.3) is 0 Å². The molecule has 0 fully saturated rings. The van der Waals surface area contributed by atoms with Gasteiger partial charge in [0.15, 0.2) is 0 Å². The number of carboxylic acids is 1. The SMILES string of the molecule is CC[C@@H](NS(=O)(=O)N1CCc2ccccc2C1)C(=O)O. The third kappa shape index (κ3) is 3.17. The first-order valence-electron chi connectivity index (χ1n) is 6.51. The van der Waals surface area contributed by atoms with E-state index in [-0.39, 0.29) is 13.0 Å². The van der Waals surface area contributed by atoms with E-state index in [1.165, 1.54) is 4.31 Å². The molecular weight excluding hydrogens is 280 g/mol. The molecular formula is C13H18N2O4S. The van der Waals surface area contributed by atoms with Gasteiger partial charge in [-0.3, -0.25) is 4.79 Å². The largest absolute Gasteiger partial charge is 0.480 e. The molecule has 1 aromatic carbocycles. The second kappa shape index (κ2) is 5.90. The minimum atomic E-state index is -3.78. The number of rotatable bonds is 5. The van der Waals surface area contributed by atoms with E-state index in [2.05, 4.69) is 4.72 Å². The Kier molecular flexibility index (Phi) is 4.42. The number of hydrogen-bond acceptors (Lipinski definition) is 3. The molecule has 6 nitrogen and oxygen atoms in total. The minimum absolute atomic E-state index is 0.207. The van der Waals surface area contributed by atoms with Crippen molar-refractivity contribution in [3.05, 3.63) is 35.4 Å². The number of benzene rings is 1. The van der Waals surface area contributed by atoms with Crippen molar-refractivity contribution in [3.63, 3.8) is 0 Å². The molecule has 1 aliphatic heterocycles. The van der Waals surface area contributed by atoms with Crippen LogP contribution in [-0.2, 0) is 28.0 Å². The van der Waals surface area contributed by atoms with Crippen molar-refractivity contribution in [3.8, 4) is 0 Å². The normalized spacial score (nSPS) is 17.4. The Morgan fingerprint density at radius 2 is 2.05 bits per heavy atom. The van der Waals surface area contributed by atoms with Crippen LogP contribution in [0.5, 0.6) is 0 Å². The van der Waals surface area contributed by atoms with E-state index in [4.69, 9.17) is 5.11 Å². The van der Waals surface area contributed by atoms with Crippen LogP contribution in [-0.4, -0.2) is 36.4 Å². The lowest BCUT2D eigenvalue weighted by molar-refractivity contribution is -0.139. The Balaban J connectivity index is 2.14. The molecule has 0 saturated carbocycles. The predicted octanol–water partition coefficient (Wildman–Crippen LogP) is 0.742. The maximum absolute atomic E-state index is 12.2. The zero-order valence-electron chi connectivity index (χ0n) is 11.2. The van der Waals surface area contributed by atoms with Gasteiger partial charge >= 0.3 is 5.97 Å². The Labute approximate surface area is 118 Å². The van der Waals surface area contributed by atoms with Crippen molar-refractivity contribution in [1.29, 1.82) is 0 Å². The molecule has 1 aromatic rings. The fraction of sp³-hybridized carbons (Fsp3) is 0.462. The van der Waals surface area contributed by atoms with Crippen LogP contribution >= 0.6 is 0 Å². The van der Waals surface area contributed by atoms with E-state index in [0.29, 0.717) is 13.0 Å². The van der Waals surface area contributed by atoms with E-state index in [1.807, 2.05) is 24.3 Å². The molecule has 2 N–H and O–H groups in total. The number of nitrogens with one attached hydrogen (secondary N) is 1. The van der Waals surface area contributed by atoms with Gasteiger partial charge < -0.3 is 5.11 Å². The molecule has 1 atom stereocenters. The van der Waals surface area contributed by atoms with Crippen LogP contribution in [0.4, 0.5) is 0 Å². The van der Waals surface area contributed by atoms with Gasteiger partial charge in [0, 0.05) is 13.1 Å². The van der Waals surface area contributed by atoms with E-state index >= 15 is 0 Å². The van der Waals surface area contributed by atoms with E-state index in [1.54, 1.807) is 6.92 Å². The molecule has 110 valence electrons. The summed E-state index contributed by atoms with van der Waals surface area (Å²) in [6, 6.07) is 6.59. The van der Waals surface area contributed by atoms with Gasteiger partial charge in [0.1, 0.15) is 6.04 Å². The lowest BCUT2D eigenvalue weighted by atomic mass is 10.0. The quantitative estimate of drug-likeness (QED) is 0.839. The summed E-state index contributed by atoms with van der Waals surface area (Å²) in [5.74, 6) is -1.16. The highest BCUT2D eigenvalue weighted by atomic mass is 32.2. The number of carbonyl (C=O) groups is 1.